The SMILES string of the molecule is CCOC(COC=Cc1ccccc1)OCC. The summed E-state index contributed by atoms with van der Waals surface area (Å²) in [6.07, 6.45) is 3.29. The van der Waals surface area contributed by atoms with Crippen molar-refractivity contribution in [2.45, 2.75) is 20.1 Å². The van der Waals surface area contributed by atoms with Crippen molar-refractivity contribution in [3.63, 3.8) is 0 Å². The average Bonchev–Trinajstić information content (AvgIpc) is 2.36. The van der Waals surface area contributed by atoms with Crippen LogP contribution in [0.1, 0.15) is 19.4 Å². The fourth-order valence-corrected chi connectivity index (χ4v) is 1.34. The van der Waals surface area contributed by atoms with Crippen LogP contribution in [0.3, 0.4) is 0 Å². The smallest absolute Gasteiger partial charge is 0.191 e. The maximum Gasteiger partial charge on any atom is 0.191 e. The van der Waals surface area contributed by atoms with E-state index >= 15 is 0 Å². The van der Waals surface area contributed by atoms with E-state index in [1.54, 1.807) is 6.26 Å². The van der Waals surface area contributed by atoms with Crippen LogP contribution in [-0.4, -0.2) is 26.1 Å². The van der Waals surface area contributed by atoms with Crippen LogP contribution in [0.2, 0.25) is 0 Å². The minimum atomic E-state index is -0.287. The van der Waals surface area contributed by atoms with Gasteiger partial charge in [0.1, 0.15) is 6.61 Å². The van der Waals surface area contributed by atoms with Crippen LogP contribution < -0.4 is 0 Å². The monoisotopic (exact) mass is 236 g/mol. The predicted octanol–water partition coefficient (Wildman–Crippen LogP) is 3.07. The van der Waals surface area contributed by atoms with Crippen molar-refractivity contribution in [2.24, 2.45) is 0 Å². The van der Waals surface area contributed by atoms with Gasteiger partial charge < -0.3 is 14.2 Å². The van der Waals surface area contributed by atoms with Crippen LogP contribution in [0.4, 0.5) is 0 Å². The van der Waals surface area contributed by atoms with Gasteiger partial charge in [-0.15, -0.1) is 0 Å². The molecule has 3 heteroatoms. The molecule has 0 radical (unpaired) electrons. The van der Waals surface area contributed by atoms with Crippen LogP contribution in [0.25, 0.3) is 6.08 Å². The molecule has 0 amide bonds. The van der Waals surface area contributed by atoms with Crippen molar-refractivity contribution < 1.29 is 14.2 Å². The summed E-state index contributed by atoms with van der Waals surface area (Å²) in [5.41, 5.74) is 1.11. The fraction of sp³-hybridized carbons (Fsp3) is 0.429. The van der Waals surface area contributed by atoms with Gasteiger partial charge in [0, 0.05) is 13.2 Å². The Morgan fingerprint density at radius 1 is 1.06 bits per heavy atom. The maximum absolute atomic E-state index is 5.37. The van der Waals surface area contributed by atoms with E-state index in [-0.39, 0.29) is 6.29 Å². The molecule has 0 unspecified atom stereocenters. The van der Waals surface area contributed by atoms with Gasteiger partial charge in [0.2, 0.25) is 0 Å². The first-order valence-electron chi connectivity index (χ1n) is 5.93. The quantitative estimate of drug-likeness (QED) is 0.513. The number of hydrogen-bond acceptors (Lipinski definition) is 3. The normalized spacial score (nSPS) is 11.2. The summed E-state index contributed by atoms with van der Waals surface area (Å²) < 4.78 is 16.1. The molecular formula is C14H20O3. The van der Waals surface area contributed by atoms with Gasteiger partial charge in [-0.3, -0.25) is 0 Å². The van der Waals surface area contributed by atoms with Gasteiger partial charge in [0.05, 0.1) is 6.26 Å². The molecule has 0 aromatic heterocycles. The van der Waals surface area contributed by atoms with Crippen molar-refractivity contribution >= 4 is 6.08 Å². The molecule has 0 saturated heterocycles. The third kappa shape index (κ3) is 6.09. The van der Waals surface area contributed by atoms with Crippen molar-refractivity contribution in [1.82, 2.24) is 0 Å². The molecule has 0 spiro atoms. The van der Waals surface area contributed by atoms with Crippen molar-refractivity contribution in [1.29, 1.82) is 0 Å². The molecule has 0 aliphatic rings. The van der Waals surface area contributed by atoms with E-state index in [9.17, 15) is 0 Å². The Morgan fingerprint density at radius 2 is 1.71 bits per heavy atom. The molecule has 0 bridgehead atoms. The summed E-state index contributed by atoms with van der Waals surface area (Å²) in [6, 6.07) is 10.00. The van der Waals surface area contributed by atoms with Crippen LogP contribution in [0.15, 0.2) is 36.6 Å². The first-order chi connectivity index (χ1) is 8.36. The Kier molecular flexibility index (Phi) is 7.11. The molecule has 0 N–H and O–H groups in total. The van der Waals surface area contributed by atoms with E-state index in [1.165, 1.54) is 0 Å². The van der Waals surface area contributed by atoms with Gasteiger partial charge in [-0.2, -0.15) is 0 Å². The highest BCUT2D eigenvalue weighted by atomic mass is 16.7. The summed E-state index contributed by atoms with van der Waals surface area (Å²) in [4.78, 5) is 0. The second-order valence-electron chi connectivity index (χ2n) is 3.39. The molecule has 94 valence electrons. The second kappa shape index (κ2) is 8.79. The Bertz CT molecular complexity index is 303. The minimum absolute atomic E-state index is 0.287. The minimum Gasteiger partial charge on any atom is -0.496 e. The van der Waals surface area contributed by atoms with Gasteiger partial charge in [-0.1, -0.05) is 30.3 Å². The van der Waals surface area contributed by atoms with E-state index in [1.807, 2.05) is 50.3 Å². The zero-order valence-corrected chi connectivity index (χ0v) is 10.5. The molecule has 1 aromatic rings. The average molecular weight is 236 g/mol. The third-order valence-corrected chi connectivity index (χ3v) is 2.09. The molecule has 1 rings (SSSR count). The second-order valence-corrected chi connectivity index (χ2v) is 3.39. The third-order valence-electron chi connectivity index (χ3n) is 2.09. The zero-order valence-electron chi connectivity index (χ0n) is 10.5. The Balaban J connectivity index is 2.28. The Morgan fingerprint density at radius 3 is 2.29 bits per heavy atom. The van der Waals surface area contributed by atoms with E-state index < -0.39 is 0 Å². The van der Waals surface area contributed by atoms with E-state index in [4.69, 9.17) is 14.2 Å². The van der Waals surface area contributed by atoms with Crippen molar-refractivity contribution in [3.8, 4) is 0 Å². The molecule has 0 atom stereocenters. The number of rotatable bonds is 8. The lowest BCUT2D eigenvalue weighted by atomic mass is 10.2. The molecule has 1 aromatic carbocycles. The summed E-state index contributed by atoms with van der Waals surface area (Å²) >= 11 is 0. The van der Waals surface area contributed by atoms with Crippen molar-refractivity contribution in [2.75, 3.05) is 19.8 Å². The molecule has 0 fully saturated rings. The summed E-state index contributed by atoms with van der Waals surface area (Å²) in [7, 11) is 0. The van der Waals surface area contributed by atoms with Crippen molar-refractivity contribution in [3.05, 3.63) is 42.2 Å². The van der Waals surface area contributed by atoms with Gasteiger partial charge in [0.25, 0.3) is 0 Å². The summed E-state index contributed by atoms with van der Waals surface area (Å²) in [5, 5.41) is 0. The van der Waals surface area contributed by atoms with Gasteiger partial charge in [-0.05, 0) is 25.5 Å². The van der Waals surface area contributed by atoms with Crippen LogP contribution in [-0.2, 0) is 14.2 Å². The van der Waals surface area contributed by atoms with Crippen LogP contribution in [0.5, 0.6) is 0 Å². The summed E-state index contributed by atoms with van der Waals surface area (Å²) in [5.74, 6) is 0. The molecular weight excluding hydrogens is 216 g/mol. The number of hydrogen-bond donors (Lipinski definition) is 0. The first-order valence-corrected chi connectivity index (χ1v) is 5.93. The maximum atomic E-state index is 5.37. The molecule has 0 aliphatic carbocycles. The van der Waals surface area contributed by atoms with Gasteiger partial charge in [-0.25, -0.2) is 0 Å². The number of ether oxygens (including phenoxy) is 3. The highest BCUT2D eigenvalue weighted by Crippen LogP contribution is 2.02. The van der Waals surface area contributed by atoms with Gasteiger partial charge in [0.15, 0.2) is 6.29 Å². The molecule has 0 saturated carbocycles. The topological polar surface area (TPSA) is 27.7 Å². The lowest BCUT2D eigenvalue weighted by molar-refractivity contribution is -0.157. The predicted molar refractivity (Wildman–Crippen MR) is 68.5 cm³/mol. The van der Waals surface area contributed by atoms with E-state index in [0.29, 0.717) is 19.8 Å². The first kappa shape index (κ1) is 13.7. The Hall–Kier alpha value is -1.32. The summed E-state index contributed by atoms with van der Waals surface area (Å²) in [6.45, 7) is 5.52. The van der Waals surface area contributed by atoms with Gasteiger partial charge >= 0.3 is 0 Å². The number of benzene rings is 1. The van der Waals surface area contributed by atoms with E-state index in [2.05, 4.69) is 0 Å². The lowest BCUT2D eigenvalue weighted by Gasteiger charge is -2.15. The molecule has 0 heterocycles. The lowest BCUT2D eigenvalue weighted by Crippen LogP contribution is -2.22. The van der Waals surface area contributed by atoms with E-state index in [0.717, 1.165) is 5.56 Å². The standard InChI is InChI=1S/C14H20O3/c1-3-16-14(17-4-2)12-15-11-10-13-8-6-5-7-9-13/h5-11,14H,3-4,12H2,1-2H3. The molecule has 0 aliphatic heterocycles. The highest BCUT2D eigenvalue weighted by molar-refractivity contribution is 5.47. The fourth-order valence-electron chi connectivity index (χ4n) is 1.34. The Labute approximate surface area is 103 Å². The molecule has 17 heavy (non-hydrogen) atoms. The van der Waals surface area contributed by atoms with Crippen LogP contribution in [0, 0.1) is 0 Å². The highest BCUT2D eigenvalue weighted by Gasteiger charge is 2.06. The zero-order chi connectivity index (χ0) is 12.3. The van der Waals surface area contributed by atoms with Crippen LogP contribution >= 0.6 is 0 Å². The molecule has 3 nitrogen and oxygen atoms in total. The largest absolute Gasteiger partial charge is 0.496 e.